The second-order valence-electron chi connectivity index (χ2n) is 7.87. The van der Waals surface area contributed by atoms with Gasteiger partial charge in [0.1, 0.15) is 16.8 Å². The van der Waals surface area contributed by atoms with Crippen LogP contribution in [0.2, 0.25) is 5.02 Å². The Bertz CT molecular complexity index is 1580. The van der Waals surface area contributed by atoms with Gasteiger partial charge in [0.2, 0.25) is 5.91 Å². The van der Waals surface area contributed by atoms with E-state index in [0.29, 0.717) is 38.3 Å². The monoisotopic (exact) mass is 516 g/mol. The summed E-state index contributed by atoms with van der Waals surface area (Å²) in [6.45, 7) is 0. The molecule has 0 unspecified atom stereocenters. The van der Waals surface area contributed by atoms with E-state index in [-0.39, 0.29) is 17.2 Å². The first-order chi connectivity index (χ1) is 17.5. The molecule has 0 aliphatic heterocycles. The first kappa shape index (κ1) is 23.7. The number of carbonyl (C=O) groups is 1. The average Bonchev–Trinajstić information content (AvgIpc) is 3.34. The summed E-state index contributed by atoms with van der Waals surface area (Å²) in [6.07, 6.45) is 1.79. The minimum absolute atomic E-state index is 0.0574. The number of fused-ring (bicyclic) bond motifs is 1. The van der Waals surface area contributed by atoms with Crippen LogP contribution in [0.15, 0.2) is 95.0 Å². The Labute approximate surface area is 216 Å². The molecule has 36 heavy (non-hydrogen) atoms. The molecule has 2 heterocycles. The van der Waals surface area contributed by atoms with E-state index in [4.69, 9.17) is 21.3 Å². The fourth-order valence-electron chi connectivity index (χ4n) is 3.79. The summed E-state index contributed by atoms with van der Waals surface area (Å²) in [4.78, 5) is 34.3. The molecule has 0 radical (unpaired) electrons. The van der Waals surface area contributed by atoms with Gasteiger partial charge in [-0.2, -0.15) is 0 Å². The van der Waals surface area contributed by atoms with Crippen molar-refractivity contribution in [2.75, 3.05) is 18.2 Å². The van der Waals surface area contributed by atoms with E-state index < -0.39 is 0 Å². The second-order valence-corrected chi connectivity index (χ2v) is 9.25. The van der Waals surface area contributed by atoms with Gasteiger partial charge in [-0.3, -0.25) is 14.2 Å². The molecule has 1 amide bonds. The van der Waals surface area contributed by atoms with E-state index >= 15 is 0 Å². The van der Waals surface area contributed by atoms with Crippen molar-refractivity contribution in [2.24, 2.45) is 0 Å². The van der Waals surface area contributed by atoms with Crippen molar-refractivity contribution in [3.63, 3.8) is 0 Å². The molecule has 2 aromatic heterocycles. The molecule has 7 nitrogen and oxygen atoms in total. The smallest absolute Gasteiger partial charge is 0.283 e. The normalized spacial score (nSPS) is 10.9. The van der Waals surface area contributed by atoms with E-state index in [2.05, 4.69) is 10.3 Å². The number of hydrogen-bond acceptors (Lipinski definition) is 5. The summed E-state index contributed by atoms with van der Waals surface area (Å²) >= 11 is 7.11. The molecule has 0 spiro atoms. The van der Waals surface area contributed by atoms with Crippen LogP contribution in [-0.4, -0.2) is 33.3 Å². The number of rotatable bonds is 7. The molecule has 0 bridgehead atoms. The molecule has 0 aliphatic carbocycles. The lowest BCUT2D eigenvalue weighted by Gasteiger charge is -2.13. The van der Waals surface area contributed by atoms with Crippen LogP contribution in [0.25, 0.3) is 27.8 Å². The molecule has 0 fully saturated rings. The van der Waals surface area contributed by atoms with Gasteiger partial charge in [0.15, 0.2) is 5.16 Å². The molecule has 9 heteroatoms. The fraction of sp³-hybridized carbons (Fsp3) is 0.0741. The van der Waals surface area contributed by atoms with Crippen LogP contribution in [-0.2, 0) is 4.79 Å². The van der Waals surface area contributed by atoms with E-state index in [1.807, 2.05) is 30.3 Å². The number of nitrogens with one attached hydrogen (secondary N) is 2. The average molecular weight is 517 g/mol. The maximum Gasteiger partial charge on any atom is 0.283 e. The van der Waals surface area contributed by atoms with Crippen molar-refractivity contribution < 1.29 is 9.53 Å². The molecule has 0 saturated carbocycles. The molecular formula is C27H21ClN4O3S. The molecule has 5 rings (SSSR count). The first-order valence-electron chi connectivity index (χ1n) is 11.1. The Morgan fingerprint density at radius 1 is 1.06 bits per heavy atom. The SMILES string of the molecule is COc1ccc(-n2c(SCC(=O)Nc3ccc(Cl)cc3)nc3c(-c4ccccc4)c[nH]c3c2=O)cc1. The van der Waals surface area contributed by atoms with Gasteiger partial charge in [-0.25, -0.2) is 4.98 Å². The van der Waals surface area contributed by atoms with Crippen LogP contribution < -0.4 is 15.6 Å². The van der Waals surface area contributed by atoms with Gasteiger partial charge in [0.05, 0.1) is 18.6 Å². The van der Waals surface area contributed by atoms with Crippen molar-refractivity contribution >= 4 is 46.0 Å². The maximum absolute atomic E-state index is 13.7. The van der Waals surface area contributed by atoms with E-state index in [0.717, 1.165) is 11.1 Å². The molecule has 0 atom stereocenters. The Hall–Kier alpha value is -4.01. The number of H-pyrrole nitrogens is 1. The Morgan fingerprint density at radius 3 is 2.47 bits per heavy atom. The number of nitrogens with zero attached hydrogens (tertiary/aromatic N) is 2. The lowest BCUT2D eigenvalue weighted by molar-refractivity contribution is -0.113. The van der Waals surface area contributed by atoms with E-state index in [1.54, 1.807) is 61.8 Å². The summed E-state index contributed by atoms with van der Waals surface area (Å²) in [7, 11) is 1.58. The minimum atomic E-state index is -0.257. The number of anilines is 1. The quantitative estimate of drug-likeness (QED) is 0.212. The third-order valence-electron chi connectivity index (χ3n) is 5.54. The largest absolute Gasteiger partial charge is 0.497 e. The molecule has 2 N–H and O–H groups in total. The highest BCUT2D eigenvalue weighted by Gasteiger charge is 2.19. The zero-order valence-electron chi connectivity index (χ0n) is 19.2. The van der Waals surface area contributed by atoms with Crippen molar-refractivity contribution in [2.45, 2.75) is 5.16 Å². The highest BCUT2D eigenvalue weighted by atomic mass is 35.5. The van der Waals surface area contributed by atoms with Crippen molar-refractivity contribution in [3.05, 3.63) is 100 Å². The maximum atomic E-state index is 13.7. The molecule has 5 aromatic rings. The minimum Gasteiger partial charge on any atom is -0.497 e. The number of thioether (sulfide) groups is 1. The number of halogens is 1. The summed E-state index contributed by atoms with van der Waals surface area (Å²) in [6, 6.07) is 23.7. The Balaban J connectivity index is 1.54. The topological polar surface area (TPSA) is 89.0 Å². The van der Waals surface area contributed by atoms with Crippen LogP contribution >= 0.6 is 23.4 Å². The second kappa shape index (κ2) is 10.3. The van der Waals surface area contributed by atoms with Gasteiger partial charge in [0.25, 0.3) is 5.56 Å². The summed E-state index contributed by atoms with van der Waals surface area (Å²) in [5.41, 5.74) is 3.69. The lowest BCUT2D eigenvalue weighted by atomic mass is 10.1. The molecule has 0 saturated heterocycles. The number of benzene rings is 3. The van der Waals surface area contributed by atoms with Crippen LogP contribution in [0.5, 0.6) is 5.75 Å². The van der Waals surface area contributed by atoms with Gasteiger partial charge in [-0.1, -0.05) is 53.7 Å². The molecule has 3 aromatic carbocycles. The number of hydrogen-bond donors (Lipinski definition) is 2. The van der Waals surface area contributed by atoms with Gasteiger partial charge in [-0.05, 0) is 54.1 Å². The third-order valence-corrected chi connectivity index (χ3v) is 6.73. The highest BCUT2D eigenvalue weighted by molar-refractivity contribution is 7.99. The van der Waals surface area contributed by atoms with Crippen molar-refractivity contribution in [3.8, 4) is 22.6 Å². The Kier molecular flexibility index (Phi) is 6.79. The zero-order valence-corrected chi connectivity index (χ0v) is 20.8. The molecule has 180 valence electrons. The van der Waals surface area contributed by atoms with Gasteiger partial charge in [-0.15, -0.1) is 0 Å². The van der Waals surface area contributed by atoms with Crippen molar-refractivity contribution in [1.29, 1.82) is 0 Å². The lowest BCUT2D eigenvalue weighted by Crippen LogP contribution is -2.23. The number of aromatic nitrogens is 3. The number of ether oxygens (including phenoxy) is 1. The predicted molar refractivity (Wildman–Crippen MR) is 144 cm³/mol. The summed E-state index contributed by atoms with van der Waals surface area (Å²) < 4.78 is 6.76. The van der Waals surface area contributed by atoms with Crippen molar-refractivity contribution in [1.82, 2.24) is 14.5 Å². The summed E-state index contributed by atoms with van der Waals surface area (Å²) in [5, 5.41) is 3.83. The number of carbonyl (C=O) groups excluding carboxylic acids is 1. The van der Waals surface area contributed by atoms with Gasteiger partial charge < -0.3 is 15.0 Å². The van der Waals surface area contributed by atoms with Crippen LogP contribution in [0.4, 0.5) is 5.69 Å². The van der Waals surface area contributed by atoms with E-state index in [9.17, 15) is 9.59 Å². The summed E-state index contributed by atoms with van der Waals surface area (Å²) in [5.74, 6) is 0.501. The van der Waals surface area contributed by atoms with E-state index in [1.165, 1.54) is 16.3 Å². The van der Waals surface area contributed by atoms with Gasteiger partial charge >= 0.3 is 0 Å². The fourth-order valence-corrected chi connectivity index (χ4v) is 4.72. The predicted octanol–water partition coefficient (Wildman–Crippen LogP) is 5.77. The van der Waals surface area contributed by atoms with Crippen LogP contribution in [0.3, 0.4) is 0 Å². The molecular weight excluding hydrogens is 496 g/mol. The highest BCUT2D eigenvalue weighted by Crippen LogP contribution is 2.29. The Morgan fingerprint density at radius 2 is 1.78 bits per heavy atom. The zero-order chi connectivity index (χ0) is 25.1. The third kappa shape index (κ3) is 4.86. The number of amides is 1. The molecule has 0 aliphatic rings. The standard InChI is InChI=1S/C27H21ClN4O3S/c1-35-21-13-11-20(12-14-21)32-26(34)25-24(22(15-29-25)17-5-3-2-4-6-17)31-27(32)36-16-23(33)30-19-9-7-18(28)8-10-19/h2-15,29H,16H2,1H3,(H,30,33). The first-order valence-corrected chi connectivity index (χ1v) is 12.4. The van der Waals surface area contributed by atoms with Crippen LogP contribution in [0, 0.1) is 0 Å². The van der Waals surface area contributed by atoms with Gasteiger partial charge in [0, 0.05) is 22.5 Å². The number of methoxy groups -OCH3 is 1. The van der Waals surface area contributed by atoms with Crippen LogP contribution in [0.1, 0.15) is 0 Å². The number of aromatic amines is 1.